The highest BCUT2D eigenvalue weighted by Gasteiger charge is 2.20. The highest BCUT2D eigenvalue weighted by molar-refractivity contribution is 7.92. The molecule has 0 saturated carbocycles. The van der Waals surface area contributed by atoms with Crippen LogP contribution in [0.25, 0.3) is 0 Å². The van der Waals surface area contributed by atoms with Crippen molar-refractivity contribution in [3.63, 3.8) is 0 Å². The summed E-state index contributed by atoms with van der Waals surface area (Å²) in [5.41, 5.74) is 0.968. The molecule has 0 bridgehead atoms. The fourth-order valence-corrected chi connectivity index (χ4v) is 5.65. The quantitative estimate of drug-likeness (QED) is 0.326. The second-order valence-corrected chi connectivity index (χ2v) is 11.1. The molecule has 178 valence electrons. The molecule has 35 heavy (non-hydrogen) atoms. The van der Waals surface area contributed by atoms with Gasteiger partial charge in [-0.05, 0) is 60.7 Å². The Hall–Kier alpha value is -4.15. The van der Waals surface area contributed by atoms with Crippen LogP contribution in [0.1, 0.15) is 0 Å². The average molecular weight is 508 g/mol. The highest BCUT2D eigenvalue weighted by atomic mass is 32.2. The summed E-state index contributed by atoms with van der Waals surface area (Å²) in [6.07, 6.45) is 0. The maximum absolute atomic E-state index is 13.2. The van der Waals surface area contributed by atoms with Gasteiger partial charge in [0.15, 0.2) is 0 Å². The lowest BCUT2D eigenvalue weighted by atomic mass is 10.3. The van der Waals surface area contributed by atoms with Crippen molar-refractivity contribution in [1.82, 2.24) is 0 Å². The Kier molecular flexibility index (Phi) is 6.85. The van der Waals surface area contributed by atoms with E-state index in [1.54, 1.807) is 48.5 Å². The number of hydrogen-bond donors (Lipinski definition) is 3. The van der Waals surface area contributed by atoms with Gasteiger partial charge in [-0.1, -0.05) is 48.5 Å². The van der Waals surface area contributed by atoms with Crippen LogP contribution in [0.5, 0.6) is 0 Å². The molecule has 4 aromatic carbocycles. The van der Waals surface area contributed by atoms with Crippen molar-refractivity contribution < 1.29 is 21.6 Å². The summed E-state index contributed by atoms with van der Waals surface area (Å²) in [6, 6.07) is 27.4. The fraction of sp³-hybridized carbons (Fsp3) is 0. The van der Waals surface area contributed by atoms with Crippen molar-refractivity contribution >= 4 is 43.0 Å². The van der Waals surface area contributed by atoms with Crippen molar-refractivity contribution in [1.29, 1.82) is 0 Å². The van der Waals surface area contributed by atoms with Gasteiger partial charge in [0.2, 0.25) is 9.84 Å². The zero-order valence-corrected chi connectivity index (χ0v) is 19.9. The van der Waals surface area contributed by atoms with Crippen molar-refractivity contribution in [3.8, 4) is 0 Å². The van der Waals surface area contributed by atoms with Gasteiger partial charge in [0.1, 0.15) is 0 Å². The second kappa shape index (κ2) is 10.00. The molecule has 4 aromatic rings. The molecule has 0 fully saturated rings. The van der Waals surface area contributed by atoms with E-state index in [4.69, 9.17) is 0 Å². The van der Waals surface area contributed by atoms with Crippen LogP contribution in [-0.2, 0) is 19.9 Å². The summed E-state index contributed by atoms with van der Waals surface area (Å²) < 4.78 is 54.1. The SMILES string of the molecule is O=C(Nc1ccccc1)Nc1cccc(S(=O)(=O)c2cccc(NS(=O)(=O)c3ccccc3)c2)c1. The van der Waals surface area contributed by atoms with Crippen LogP contribution in [0.4, 0.5) is 21.9 Å². The van der Waals surface area contributed by atoms with Gasteiger partial charge in [-0.15, -0.1) is 0 Å². The van der Waals surface area contributed by atoms with E-state index < -0.39 is 25.9 Å². The van der Waals surface area contributed by atoms with Crippen molar-refractivity contribution in [3.05, 3.63) is 109 Å². The zero-order valence-electron chi connectivity index (χ0n) is 18.3. The van der Waals surface area contributed by atoms with Crippen molar-refractivity contribution in [2.24, 2.45) is 0 Å². The Morgan fingerprint density at radius 1 is 0.514 bits per heavy atom. The molecule has 10 heteroatoms. The van der Waals surface area contributed by atoms with Gasteiger partial charge in [-0.2, -0.15) is 0 Å². The maximum Gasteiger partial charge on any atom is 0.323 e. The minimum atomic E-state index is -4.01. The Bertz CT molecular complexity index is 1560. The van der Waals surface area contributed by atoms with Crippen LogP contribution in [0, 0.1) is 0 Å². The number of hydrogen-bond acceptors (Lipinski definition) is 5. The molecule has 0 aliphatic rings. The monoisotopic (exact) mass is 507 g/mol. The van der Waals surface area contributed by atoms with E-state index in [0.29, 0.717) is 5.69 Å². The number of nitrogens with one attached hydrogen (secondary N) is 3. The number of sulfone groups is 1. The van der Waals surface area contributed by atoms with Gasteiger partial charge in [-0.3, -0.25) is 4.72 Å². The number of para-hydroxylation sites is 1. The third-order valence-electron chi connectivity index (χ3n) is 4.88. The van der Waals surface area contributed by atoms with Gasteiger partial charge < -0.3 is 10.6 Å². The highest BCUT2D eigenvalue weighted by Crippen LogP contribution is 2.26. The molecular weight excluding hydrogens is 486 g/mol. The topological polar surface area (TPSA) is 121 Å². The average Bonchev–Trinajstić information content (AvgIpc) is 2.85. The summed E-state index contributed by atoms with van der Waals surface area (Å²) in [7, 11) is -7.89. The molecule has 0 aliphatic carbocycles. The minimum absolute atomic E-state index is 0.0563. The molecular formula is C25H21N3O5S2. The van der Waals surface area contributed by atoms with E-state index in [9.17, 15) is 21.6 Å². The smallest absolute Gasteiger partial charge is 0.308 e. The number of anilines is 3. The first-order valence-electron chi connectivity index (χ1n) is 10.4. The molecule has 0 spiro atoms. The number of carbonyl (C=O) groups excluding carboxylic acids is 1. The van der Waals surface area contributed by atoms with Crippen LogP contribution >= 0.6 is 0 Å². The summed E-state index contributed by atoms with van der Waals surface area (Å²) in [4.78, 5) is 12.2. The van der Waals surface area contributed by atoms with E-state index in [1.165, 1.54) is 54.6 Å². The van der Waals surface area contributed by atoms with Crippen molar-refractivity contribution in [2.45, 2.75) is 14.7 Å². The third kappa shape index (κ3) is 5.86. The molecule has 0 aromatic heterocycles. The van der Waals surface area contributed by atoms with Crippen LogP contribution in [0.2, 0.25) is 0 Å². The number of carbonyl (C=O) groups is 1. The molecule has 8 nitrogen and oxygen atoms in total. The second-order valence-electron chi connectivity index (χ2n) is 7.42. The molecule has 0 saturated heterocycles. The Morgan fingerprint density at radius 2 is 0.971 bits per heavy atom. The first-order chi connectivity index (χ1) is 16.7. The van der Waals surface area contributed by atoms with E-state index in [2.05, 4.69) is 15.4 Å². The summed E-state index contributed by atoms with van der Waals surface area (Å²) in [5.74, 6) is 0. The molecule has 0 aliphatic heterocycles. The van der Waals surface area contributed by atoms with Gasteiger partial charge in [0.25, 0.3) is 10.0 Å². The van der Waals surface area contributed by atoms with E-state index in [-0.39, 0.29) is 26.1 Å². The van der Waals surface area contributed by atoms with Crippen molar-refractivity contribution in [2.75, 3.05) is 15.4 Å². The lowest BCUT2D eigenvalue weighted by Crippen LogP contribution is -2.19. The Morgan fingerprint density at radius 3 is 1.60 bits per heavy atom. The lowest BCUT2D eigenvalue weighted by molar-refractivity contribution is 0.262. The number of sulfonamides is 1. The van der Waals surface area contributed by atoms with Crippen LogP contribution < -0.4 is 15.4 Å². The molecule has 3 N–H and O–H groups in total. The van der Waals surface area contributed by atoms with Crippen LogP contribution in [-0.4, -0.2) is 22.9 Å². The predicted octanol–water partition coefficient (Wildman–Crippen LogP) is 4.96. The number of urea groups is 1. The molecule has 4 rings (SSSR count). The Labute approximate surface area is 203 Å². The Balaban J connectivity index is 1.54. The summed E-state index contributed by atoms with van der Waals surface area (Å²) in [5, 5.41) is 5.27. The van der Waals surface area contributed by atoms with Crippen LogP contribution in [0.3, 0.4) is 0 Å². The molecule has 0 heterocycles. The zero-order chi connectivity index (χ0) is 24.9. The van der Waals surface area contributed by atoms with Gasteiger partial charge in [-0.25, -0.2) is 21.6 Å². The third-order valence-corrected chi connectivity index (χ3v) is 8.03. The molecule has 0 radical (unpaired) electrons. The largest absolute Gasteiger partial charge is 0.323 e. The number of rotatable bonds is 7. The van der Waals surface area contributed by atoms with Gasteiger partial charge in [0, 0.05) is 11.4 Å². The first-order valence-corrected chi connectivity index (χ1v) is 13.4. The van der Waals surface area contributed by atoms with Crippen LogP contribution in [0.15, 0.2) is 124 Å². The minimum Gasteiger partial charge on any atom is -0.308 e. The lowest BCUT2D eigenvalue weighted by Gasteiger charge is -2.11. The number of amides is 2. The fourth-order valence-electron chi connectivity index (χ4n) is 3.23. The van der Waals surface area contributed by atoms with Gasteiger partial charge >= 0.3 is 6.03 Å². The predicted molar refractivity (Wildman–Crippen MR) is 135 cm³/mol. The van der Waals surface area contributed by atoms with E-state index in [1.807, 2.05) is 6.07 Å². The first kappa shape index (κ1) is 24.0. The summed E-state index contributed by atoms with van der Waals surface area (Å²) >= 11 is 0. The maximum atomic E-state index is 13.2. The summed E-state index contributed by atoms with van der Waals surface area (Å²) in [6.45, 7) is 0. The van der Waals surface area contributed by atoms with E-state index >= 15 is 0 Å². The van der Waals surface area contributed by atoms with E-state index in [0.717, 1.165) is 0 Å². The number of benzene rings is 4. The molecule has 2 amide bonds. The molecule has 0 atom stereocenters. The normalized spacial score (nSPS) is 11.4. The molecule has 0 unspecified atom stereocenters. The van der Waals surface area contributed by atoms with Gasteiger partial charge in [0.05, 0.1) is 20.4 Å². The standard InChI is InChI=1S/C25H21N3O5S2/c29-25(26-19-9-3-1-4-10-19)27-20-11-7-15-23(17-20)34(30,31)24-16-8-12-21(18-24)28-35(32,33)22-13-5-2-6-14-22/h1-18,28H,(H2,26,27,29).